The summed E-state index contributed by atoms with van der Waals surface area (Å²) in [6.45, 7) is -0.681. The van der Waals surface area contributed by atoms with E-state index >= 15 is 0 Å². The molecule has 1 aliphatic rings. The van der Waals surface area contributed by atoms with Gasteiger partial charge >= 0.3 is 5.97 Å². The molecule has 0 aromatic carbocycles. The molecule has 1 rings (SSSR count). The summed E-state index contributed by atoms with van der Waals surface area (Å²) in [7, 11) is 0. The van der Waals surface area contributed by atoms with Crippen LogP contribution in [0.1, 0.15) is 0 Å². The van der Waals surface area contributed by atoms with Crippen LogP contribution in [0.2, 0.25) is 0 Å². The Kier molecular flexibility index (Phi) is 2.63. The number of carbonyl (C=O) groups excluding carboxylic acids is 1. The summed E-state index contributed by atoms with van der Waals surface area (Å²) in [5.41, 5.74) is 0. The van der Waals surface area contributed by atoms with Gasteiger partial charge in [0.15, 0.2) is 0 Å². The van der Waals surface area contributed by atoms with Crippen molar-refractivity contribution in [1.82, 2.24) is 0 Å². The van der Waals surface area contributed by atoms with Crippen molar-refractivity contribution in [3.8, 4) is 0 Å². The molecule has 0 aliphatic carbocycles. The van der Waals surface area contributed by atoms with Gasteiger partial charge in [-0.3, -0.25) is 0 Å². The lowest BCUT2D eigenvalue weighted by atomic mass is 10.1. The van der Waals surface area contributed by atoms with Crippen LogP contribution in [0.15, 0.2) is 0 Å². The zero-order chi connectivity index (χ0) is 9.30. The third-order valence-electron chi connectivity index (χ3n) is 1.66. The summed E-state index contributed by atoms with van der Waals surface area (Å²) in [4.78, 5) is 10.3. The highest BCUT2D eigenvalue weighted by atomic mass is 16.7. The van der Waals surface area contributed by atoms with Crippen molar-refractivity contribution in [2.24, 2.45) is 0 Å². The van der Waals surface area contributed by atoms with Crippen molar-refractivity contribution < 1.29 is 30.0 Å². The maximum absolute atomic E-state index is 10.3. The number of aliphatic hydroxyl groups is 4. The maximum Gasteiger partial charge on any atom is 0.351 e. The highest BCUT2D eigenvalue weighted by Gasteiger charge is 2.48. The molecule has 1 heterocycles. The molecule has 4 N–H and O–H groups in total. The number of ether oxygens (including phenoxy) is 1. The molecule has 0 saturated carbocycles. The van der Waals surface area contributed by atoms with E-state index in [1.165, 1.54) is 0 Å². The minimum absolute atomic E-state index is 0.619. The smallest absolute Gasteiger partial charge is 0.351 e. The summed E-state index contributed by atoms with van der Waals surface area (Å²) in [5.74, 6) is -0.619. The molecule has 6 nitrogen and oxygen atoms in total. The van der Waals surface area contributed by atoms with E-state index in [0.717, 1.165) is 0 Å². The van der Waals surface area contributed by atoms with Gasteiger partial charge in [-0.2, -0.15) is 0 Å². The van der Waals surface area contributed by atoms with Gasteiger partial charge in [0, 0.05) is 0 Å². The number of hydrogen-bond acceptors (Lipinski definition) is 6. The summed E-state index contributed by atoms with van der Waals surface area (Å²) in [6.07, 6.45) is -5.55. The van der Waals surface area contributed by atoms with Crippen LogP contribution < -0.4 is 0 Å². The molecule has 12 heavy (non-hydrogen) atoms. The highest BCUT2D eigenvalue weighted by Crippen LogP contribution is 2.20. The second kappa shape index (κ2) is 3.36. The molecule has 0 amide bonds. The summed E-state index contributed by atoms with van der Waals surface area (Å²) < 4.78 is 4.25. The van der Waals surface area contributed by atoms with Crippen molar-refractivity contribution in [1.29, 1.82) is 0 Å². The van der Waals surface area contributed by atoms with Crippen LogP contribution >= 0.6 is 0 Å². The van der Waals surface area contributed by atoms with Crippen molar-refractivity contribution in [3.05, 3.63) is 0 Å². The number of epoxide rings is 1. The van der Waals surface area contributed by atoms with E-state index in [2.05, 4.69) is 4.74 Å². The zero-order valence-electron chi connectivity index (χ0n) is 6.12. The molecule has 0 unspecified atom stereocenters. The molecule has 6 heteroatoms. The predicted molar refractivity (Wildman–Crippen MR) is 35.0 cm³/mol. The first-order valence-corrected chi connectivity index (χ1v) is 3.43. The summed E-state index contributed by atoms with van der Waals surface area (Å²) >= 11 is 0. The minimum atomic E-state index is -1.56. The highest BCUT2D eigenvalue weighted by molar-refractivity contribution is 5.88. The average molecular weight is 178 g/mol. The molecule has 70 valence electrons. The van der Waals surface area contributed by atoms with Gasteiger partial charge in [0.2, 0.25) is 6.10 Å². The van der Waals surface area contributed by atoms with Gasteiger partial charge in [-0.15, -0.1) is 0 Å². The molecule has 1 aliphatic heterocycles. The Morgan fingerprint density at radius 3 is 2.25 bits per heavy atom. The van der Waals surface area contributed by atoms with Gasteiger partial charge < -0.3 is 25.2 Å². The van der Waals surface area contributed by atoms with Crippen LogP contribution in [0, 0.1) is 0 Å². The second-order valence-corrected chi connectivity index (χ2v) is 2.59. The monoisotopic (exact) mass is 178 g/mol. The van der Waals surface area contributed by atoms with E-state index < -0.39 is 37.0 Å². The fourth-order valence-electron chi connectivity index (χ4n) is 0.815. The Hall–Kier alpha value is -0.690. The van der Waals surface area contributed by atoms with E-state index in [9.17, 15) is 4.79 Å². The molecular formula is C6H10O6. The zero-order valence-corrected chi connectivity index (χ0v) is 6.12. The molecule has 0 spiro atoms. The van der Waals surface area contributed by atoms with Crippen LogP contribution in [0.4, 0.5) is 0 Å². The Morgan fingerprint density at radius 1 is 1.42 bits per heavy atom. The van der Waals surface area contributed by atoms with E-state index in [0.29, 0.717) is 0 Å². The van der Waals surface area contributed by atoms with E-state index in [4.69, 9.17) is 20.4 Å². The molecule has 0 aromatic rings. The summed E-state index contributed by atoms with van der Waals surface area (Å²) in [5, 5.41) is 35.3. The van der Waals surface area contributed by atoms with Gasteiger partial charge in [0.25, 0.3) is 0 Å². The molecular weight excluding hydrogens is 168 g/mol. The molecule has 4 atom stereocenters. The van der Waals surface area contributed by atoms with Crippen molar-refractivity contribution >= 4 is 5.97 Å². The topological polar surface area (TPSA) is 111 Å². The van der Waals surface area contributed by atoms with Crippen LogP contribution in [0.5, 0.6) is 0 Å². The molecule has 0 aromatic heterocycles. The number of rotatable bonds is 4. The van der Waals surface area contributed by atoms with Gasteiger partial charge in [-0.25, -0.2) is 4.79 Å². The predicted octanol–water partition coefficient (Wildman–Crippen LogP) is -3.01. The number of carbonyl (C=O) groups is 1. The Labute approximate surface area is 68.0 Å². The van der Waals surface area contributed by atoms with Crippen molar-refractivity contribution in [3.63, 3.8) is 0 Å². The van der Waals surface area contributed by atoms with Crippen molar-refractivity contribution in [2.75, 3.05) is 6.61 Å². The van der Waals surface area contributed by atoms with Gasteiger partial charge in [0.1, 0.15) is 18.3 Å². The lowest BCUT2D eigenvalue weighted by Crippen LogP contribution is -2.42. The Morgan fingerprint density at radius 2 is 1.92 bits per heavy atom. The normalized spacial score (nSPS) is 29.0. The maximum atomic E-state index is 10.3. The van der Waals surface area contributed by atoms with Crippen molar-refractivity contribution in [2.45, 2.75) is 24.4 Å². The Bertz CT molecular complexity index is 181. The average Bonchev–Trinajstić information content (AvgIpc) is 2.78. The second-order valence-electron chi connectivity index (χ2n) is 2.59. The van der Waals surface area contributed by atoms with Gasteiger partial charge in [0.05, 0.1) is 6.61 Å². The number of cyclic esters (lactones) is 1. The molecule has 1 saturated heterocycles. The first kappa shape index (κ1) is 9.40. The minimum Gasteiger partial charge on any atom is -0.445 e. The Balaban J connectivity index is 2.40. The quantitative estimate of drug-likeness (QED) is 0.341. The number of aliphatic hydroxyl groups excluding tert-OH is 4. The fourth-order valence-corrected chi connectivity index (χ4v) is 0.815. The first-order chi connectivity index (χ1) is 5.57. The largest absolute Gasteiger partial charge is 0.445 e. The number of hydrogen-bond donors (Lipinski definition) is 4. The van der Waals surface area contributed by atoms with E-state index in [1.807, 2.05) is 0 Å². The van der Waals surface area contributed by atoms with Gasteiger partial charge in [-0.05, 0) is 0 Å². The van der Waals surface area contributed by atoms with Crippen LogP contribution in [-0.4, -0.2) is 57.4 Å². The molecule has 0 bridgehead atoms. The van der Waals surface area contributed by atoms with Gasteiger partial charge in [-0.1, -0.05) is 0 Å². The van der Waals surface area contributed by atoms with Crippen LogP contribution in [-0.2, 0) is 9.53 Å². The fraction of sp³-hybridized carbons (Fsp3) is 0.833. The lowest BCUT2D eigenvalue weighted by molar-refractivity contribution is -0.117. The first-order valence-electron chi connectivity index (χ1n) is 3.43. The van der Waals surface area contributed by atoms with E-state index in [1.54, 1.807) is 0 Å². The molecule has 0 radical (unpaired) electrons. The SMILES string of the molecule is O=C1O[C@@H]1[C@@H](O)[C@H](O)[C@H](O)CO. The molecule has 1 fully saturated rings. The lowest BCUT2D eigenvalue weighted by Gasteiger charge is -2.18. The third kappa shape index (κ3) is 1.72. The van der Waals surface area contributed by atoms with E-state index in [-0.39, 0.29) is 0 Å². The summed E-state index contributed by atoms with van der Waals surface area (Å²) in [6, 6.07) is 0. The van der Waals surface area contributed by atoms with Crippen LogP contribution in [0.3, 0.4) is 0 Å². The third-order valence-corrected chi connectivity index (χ3v) is 1.66. The standard InChI is InChI=1S/C6H10O6/c7-1-2(8)3(9)4(10)5-6(11)12-5/h2-5,7-10H,1H2/t2-,3-,4+,5-/m1/s1. The van der Waals surface area contributed by atoms with Crippen LogP contribution in [0.25, 0.3) is 0 Å².